The first-order valence-corrected chi connectivity index (χ1v) is 19.3. The van der Waals surface area contributed by atoms with Crippen molar-refractivity contribution in [3.05, 3.63) is 90.1 Å². The van der Waals surface area contributed by atoms with Crippen molar-refractivity contribution in [2.75, 3.05) is 13.1 Å². The van der Waals surface area contributed by atoms with Crippen molar-refractivity contribution in [1.82, 2.24) is 41.1 Å². The standard InChI is InChI=1S/C40H53N11O6/c1-24(51-18-16-33(40(51)57)49-37(54)29(42)20-27-22-44-23-46-27)36(53)50-34(19-26-21-45-30-12-6-5-11-28(26)30)39(56)48-32(15-14-25-9-3-2-4-10-25)38(55)47-31(35(43)52)13-7-8-17-41/h2-6,9-12,21-24,29,31-34,45H,7-8,13-20,41-42H2,1H3,(H2,43,52)(H,44,46)(H,47,55)(H,48,56)(H,49,54)(H,50,53)/t24-,29-,31-,32+,33-,34-/m0/s1. The molecule has 17 nitrogen and oxygen atoms in total. The molecule has 2 aromatic heterocycles. The predicted molar refractivity (Wildman–Crippen MR) is 213 cm³/mol. The summed E-state index contributed by atoms with van der Waals surface area (Å²) in [5, 5.41) is 11.9. The SMILES string of the molecule is C[C@@H](C(=O)N[C@@H](Cc1c[nH]c2ccccc12)C(=O)N[C@H](CCc1ccccc1)C(=O)N[C@@H](CCCCN)C(N)=O)N1CC[C@H](NC(=O)[C@@H](N)Cc2cnc[nH]2)C1=O. The normalized spacial score (nSPS) is 16.6. The highest BCUT2D eigenvalue weighted by Gasteiger charge is 2.39. The number of hydrogen-bond acceptors (Lipinski definition) is 9. The first-order chi connectivity index (χ1) is 27.4. The lowest BCUT2D eigenvalue weighted by Gasteiger charge is -2.28. The van der Waals surface area contributed by atoms with Gasteiger partial charge in [0.05, 0.1) is 12.4 Å². The molecule has 5 rings (SSSR count). The van der Waals surface area contributed by atoms with Gasteiger partial charge in [0.2, 0.25) is 35.4 Å². The summed E-state index contributed by atoms with van der Waals surface area (Å²) >= 11 is 0. The van der Waals surface area contributed by atoms with Crippen molar-refractivity contribution in [3.63, 3.8) is 0 Å². The number of nitrogens with zero attached hydrogens (tertiary/aromatic N) is 2. The van der Waals surface area contributed by atoms with Crippen molar-refractivity contribution in [3.8, 4) is 0 Å². The van der Waals surface area contributed by atoms with Gasteiger partial charge in [-0.25, -0.2) is 4.98 Å². The fraction of sp³-hybridized carbons (Fsp3) is 0.425. The summed E-state index contributed by atoms with van der Waals surface area (Å²) in [5.41, 5.74) is 20.5. The lowest BCUT2D eigenvalue weighted by atomic mass is 10.0. The average Bonchev–Trinajstić information content (AvgIpc) is 3.96. The Hall–Kier alpha value is -6.07. The van der Waals surface area contributed by atoms with Crippen LogP contribution in [-0.4, -0.2) is 105 Å². The van der Waals surface area contributed by atoms with Crippen LogP contribution in [0.5, 0.6) is 0 Å². The molecule has 6 amide bonds. The molecule has 0 bridgehead atoms. The van der Waals surface area contributed by atoms with Crippen LogP contribution in [0.2, 0.25) is 0 Å². The predicted octanol–water partition coefficient (Wildman–Crippen LogP) is -0.189. The highest BCUT2D eigenvalue weighted by Crippen LogP contribution is 2.21. The van der Waals surface area contributed by atoms with Crippen LogP contribution in [0.15, 0.2) is 73.3 Å². The molecule has 4 aromatic rings. The number of para-hydroxylation sites is 1. The second-order valence-electron chi connectivity index (χ2n) is 14.4. The highest BCUT2D eigenvalue weighted by molar-refractivity contribution is 5.97. The molecule has 3 heterocycles. The molecule has 304 valence electrons. The van der Waals surface area contributed by atoms with Crippen LogP contribution in [0, 0.1) is 0 Å². The van der Waals surface area contributed by atoms with Gasteiger partial charge in [0.15, 0.2) is 0 Å². The van der Waals surface area contributed by atoms with Crippen molar-refractivity contribution in [2.45, 2.75) is 94.5 Å². The molecular weight excluding hydrogens is 731 g/mol. The van der Waals surface area contributed by atoms with E-state index in [-0.39, 0.29) is 38.6 Å². The monoisotopic (exact) mass is 783 g/mol. The maximum Gasteiger partial charge on any atom is 0.245 e. The molecule has 0 unspecified atom stereocenters. The van der Waals surface area contributed by atoms with Crippen molar-refractivity contribution >= 4 is 46.3 Å². The van der Waals surface area contributed by atoms with Crippen LogP contribution in [-0.2, 0) is 48.0 Å². The third-order valence-electron chi connectivity index (χ3n) is 10.3. The van der Waals surface area contributed by atoms with E-state index in [0.29, 0.717) is 31.5 Å². The number of hydrogen-bond donors (Lipinski definition) is 9. The van der Waals surface area contributed by atoms with Crippen LogP contribution in [0.4, 0.5) is 0 Å². The minimum Gasteiger partial charge on any atom is -0.368 e. The topological polar surface area (TPSA) is 276 Å². The van der Waals surface area contributed by atoms with Crippen molar-refractivity contribution in [1.29, 1.82) is 0 Å². The molecule has 17 heteroatoms. The number of benzene rings is 2. The van der Waals surface area contributed by atoms with Gasteiger partial charge < -0.3 is 53.3 Å². The fourth-order valence-electron chi connectivity index (χ4n) is 6.94. The number of likely N-dealkylation sites (tertiary alicyclic amines) is 1. The zero-order valence-corrected chi connectivity index (χ0v) is 32.0. The smallest absolute Gasteiger partial charge is 0.245 e. The molecule has 0 aliphatic carbocycles. The molecule has 1 saturated heterocycles. The first-order valence-electron chi connectivity index (χ1n) is 19.3. The van der Waals surface area contributed by atoms with Crippen LogP contribution < -0.4 is 38.5 Å². The Morgan fingerprint density at radius 1 is 0.860 bits per heavy atom. The van der Waals surface area contributed by atoms with Gasteiger partial charge in [-0.1, -0.05) is 48.5 Å². The van der Waals surface area contributed by atoms with Crippen LogP contribution in [0.1, 0.15) is 55.8 Å². The molecule has 2 aromatic carbocycles. The number of aromatic amines is 2. The van der Waals surface area contributed by atoms with E-state index < -0.39 is 71.7 Å². The summed E-state index contributed by atoms with van der Waals surface area (Å²) in [4.78, 5) is 92.0. The number of carbonyl (C=O) groups excluding carboxylic acids is 6. The third kappa shape index (κ3) is 11.5. The molecule has 57 heavy (non-hydrogen) atoms. The number of primary amides is 1. The number of imidazole rings is 1. The molecule has 1 aliphatic rings. The maximum absolute atomic E-state index is 14.3. The molecule has 0 radical (unpaired) electrons. The second-order valence-corrected chi connectivity index (χ2v) is 14.4. The Bertz CT molecular complexity index is 1990. The first kappa shape index (κ1) is 42.1. The maximum atomic E-state index is 14.3. The summed E-state index contributed by atoms with van der Waals surface area (Å²) in [5.74, 6) is -3.52. The van der Waals surface area contributed by atoms with E-state index in [4.69, 9.17) is 17.2 Å². The number of unbranched alkanes of at least 4 members (excludes halogenated alkanes) is 1. The van der Waals surface area contributed by atoms with E-state index in [1.807, 2.05) is 54.6 Å². The Morgan fingerprint density at radius 2 is 1.56 bits per heavy atom. The molecular formula is C40H53N11O6. The summed E-state index contributed by atoms with van der Waals surface area (Å²) in [6.07, 6.45) is 7.40. The molecule has 6 atom stereocenters. The van der Waals surface area contributed by atoms with Gasteiger partial charge in [0.1, 0.15) is 30.2 Å². The number of nitrogens with one attached hydrogen (secondary N) is 6. The fourth-order valence-corrected chi connectivity index (χ4v) is 6.94. The second kappa shape index (κ2) is 20.2. The summed E-state index contributed by atoms with van der Waals surface area (Å²) in [6.45, 7) is 2.15. The quantitative estimate of drug-likeness (QED) is 0.0506. The van der Waals surface area contributed by atoms with E-state index in [1.165, 1.54) is 11.2 Å². The number of aromatic nitrogens is 3. The number of nitrogens with two attached hydrogens (primary N) is 3. The Morgan fingerprint density at radius 3 is 2.28 bits per heavy atom. The van der Waals surface area contributed by atoms with Gasteiger partial charge in [-0.3, -0.25) is 28.8 Å². The molecule has 0 saturated carbocycles. The lowest BCUT2D eigenvalue weighted by molar-refractivity contribution is -0.140. The number of H-pyrrole nitrogens is 2. The van der Waals surface area contributed by atoms with E-state index in [1.54, 1.807) is 19.3 Å². The molecule has 1 aliphatic heterocycles. The lowest BCUT2D eigenvalue weighted by Crippen LogP contribution is -2.58. The Balaban J connectivity index is 1.32. The minimum atomic E-state index is -1.18. The van der Waals surface area contributed by atoms with Gasteiger partial charge in [0.25, 0.3) is 0 Å². The van der Waals surface area contributed by atoms with E-state index >= 15 is 0 Å². The number of aryl methyl sites for hydroxylation is 1. The van der Waals surface area contributed by atoms with Crippen LogP contribution in [0.3, 0.4) is 0 Å². The van der Waals surface area contributed by atoms with E-state index in [9.17, 15) is 28.8 Å². The van der Waals surface area contributed by atoms with Crippen LogP contribution in [0.25, 0.3) is 10.9 Å². The van der Waals surface area contributed by atoms with Gasteiger partial charge in [-0.05, 0) is 69.2 Å². The summed E-state index contributed by atoms with van der Waals surface area (Å²) < 4.78 is 0. The van der Waals surface area contributed by atoms with Crippen LogP contribution >= 0.6 is 0 Å². The summed E-state index contributed by atoms with van der Waals surface area (Å²) in [7, 11) is 0. The number of fused-ring (bicyclic) bond motifs is 1. The molecule has 1 fully saturated rings. The molecule has 0 spiro atoms. The average molecular weight is 784 g/mol. The van der Waals surface area contributed by atoms with Gasteiger partial charge >= 0.3 is 0 Å². The zero-order chi connectivity index (χ0) is 40.9. The van der Waals surface area contributed by atoms with E-state index in [2.05, 4.69) is 36.2 Å². The van der Waals surface area contributed by atoms with Crippen molar-refractivity contribution in [2.24, 2.45) is 17.2 Å². The number of carbonyl (C=O) groups is 6. The zero-order valence-electron chi connectivity index (χ0n) is 32.0. The Labute approximate surface area is 330 Å². The largest absolute Gasteiger partial charge is 0.368 e. The van der Waals surface area contributed by atoms with E-state index in [0.717, 1.165) is 22.0 Å². The van der Waals surface area contributed by atoms with Crippen molar-refractivity contribution < 1.29 is 28.8 Å². The molecule has 12 N–H and O–H groups in total. The van der Waals surface area contributed by atoms with Gasteiger partial charge in [-0.2, -0.15) is 0 Å². The highest BCUT2D eigenvalue weighted by atomic mass is 16.2. The Kier molecular flexibility index (Phi) is 14.9. The summed E-state index contributed by atoms with van der Waals surface area (Å²) in [6, 6.07) is 10.9. The minimum absolute atomic E-state index is 0.0468. The third-order valence-corrected chi connectivity index (χ3v) is 10.3. The number of amides is 6. The number of rotatable bonds is 21. The van der Waals surface area contributed by atoms with Gasteiger partial charge in [-0.15, -0.1) is 0 Å². The van der Waals surface area contributed by atoms with Gasteiger partial charge in [0, 0.05) is 48.4 Å².